The lowest BCUT2D eigenvalue weighted by Gasteiger charge is -2.06. The Balaban J connectivity index is 2.28. The smallest absolute Gasteiger partial charge is 0.385 e. The van der Waals surface area contributed by atoms with E-state index in [-0.39, 0.29) is 12.5 Å². The molecule has 0 aliphatic rings. The number of nitrogens with one attached hydrogen (secondary N) is 1. The molecule has 0 atom stereocenters. The molecule has 0 aliphatic heterocycles. The predicted molar refractivity (Wildman–Crippen MR) is 73.9 cm³/mol. The molecule has 0 saturated carbocycles. The van der Waals surface area contributed by atoms with Gasteiger partial charge >= 0.3 is 6.18 Å². The van der Waals surface area contributed by atoms with Crippen LogP contribution in [0.25, 0.3) is 0 Å². The van der Waals surface area contributed by atoms with E-state index >= 15 is 0 Å². The van der Waals surface area contributed by atoms with Gasteiger partial charge in [0, 0.05) is 30.9 Å². The molecule has 1 rings (SSSR count). The molecular weight excluding hydrogens is 289 g/mol. The van der Waals surface area contributed by atoms with E-state index in [1.807, 2.05) is 12.3 Å². The quantitative estimate of drug-likeness (QED) is 0.474. The Morgan fingerprint density at radius 1 is 1.50 bits per heavy atom. The zero-order valence-corrected chi connectivity index (χ0v) is 11.7. The Labute approximate surface area is 119 Å². The van der Waals surface area contributed by atoms with Gasteiger partial charge in [0.25, 0.3) is 0 Å². The first-order valence-electron chi connectivity index (χ1n) is 5.93. The summed E-state index contributed by atoms with van der Waals surface area (Å²) < 4.78 is 35.5. The van der Waals surface area contributed by atoms with Gasteiger partial charge in [0.2, 0.25) is 0 Å². The van der Waals surface area contributed by atoms with E-state index in [2.05, 4.69) is 10.3 Å². The molecule has 20 heavy (non-hydrogen) atoms. The van der Waals surface area contributed by atoms with Gasteiger partial charge in [-0.25, -0.2) is 4.98 Å². The molecule has 1 N–H and O–H groups in total. The van der Waals surface area contributed by atoms with E-state index in [1.54, 1.807) is 12.3 Å². The Hall–Kier alpha value is -1.50. The number of pyridine rings is 1. The van der Waals surface area contributed by atoms with Crippen LogP contribution in [-0.4, -0.2) is 29.7 Å². The summed E-state index contributed by atoms with van der Waals surface area (Å²) in [6.45, 7) is 0.517. The second-order valence-corrected chi connectivity index (χ2v) is 4.78. The molecule has 110 valence electrons. The molecule has 0 radical (unpaired) electrons. The number of anilines is 1. The average Bonchev–Trinajstić information content (AvgIpc) is 2.41. The molecule has 0 spiro atoms. The van der Waals surface area contributed by atoms with E-state index in [0.717, 1.165) is 10.7 Å². The SMILES string of the molecule is CSc1cc(NCCCC(=O)/C=C/C(F)(F)F)ccn1. The minimum absolute atomic E-state index is 0.0314. The van der Waals surface area contributed by atoms with Gasteiger partial charge < -0.3 is 5.32 Å². The van der Waals surface area contributed by atoms with Gasteiger partial charge in [-0.1, -0.05) is 0 Å². The molecule has 0 bridgehead atoms. The highest BCUT2D eigenvalue weighted by molar-refractivity contribution is 7.98. The summed E-state index contributed by atoms with van der Waals surface area (Å²) in [4.78, 5) is 15.3. The number of nitrogens with zero attached hydrogens (tertiary/aromatic N) is 1. The van der Waals surface area contributed by atoms with Crippen molar-refractivity contribution < 1.29 is 18.0 Å². The zero-order valence-electron chi connectivity index (χ0n) is 10.9. The number of rotatable bonds is 7. The summed E-state index contributed by atoms with van der Waals surface area (Å²) in [5, 5.41) is 3.97. The van der Waals surface area contributed by atoms with Gasteiger partial charge in [-0.2, -0.15) is 13.2 Å². The van der Waals surface area contributed by atoms with Crippen molar-refractivity contribution in [1.82, 2.24) is 4.98 Å². The first-order chi connectivity index (χ1) is 9.40. The fourth-order valence-corrected chi connectivity index (χ4v) is 1.81. The molecule has 3 nitrogen and oxygen atoms in total. The molecule has 0 fully saturated rings. The highest BCUT2D eigenvalue weighted by Gasteiger charge is 2.22. The van der Waals surface area contributed by atoms with Crippen LogP contribution in [0.4, 0.5) is 18.9 Å². The number of carbonyl (C=O) groups is 1. The lowest BCUT2D eigenvalue weighted by Crippen LogP contribution is -2.06. The maximum absolute atomic E-state index is 11.8. The van der Waals surface area contributed by atoms with E-state index < -0.39 is 12.0 Å². The maximum atomic E-state index is 11.8. The number of thioether (sulfide) groups is 1. The van der Waals surface area contributed by atoms with Crippen molar-refractivity contribution in [2.45, 2.75) is 24.0 Å². The minimum Gasteiger partial charge on any atom is -0.385 e. The van der Waals surface area contributed by atoms with Crippen LogP contribution >= 0.6 is 11.8 Å². The highest BCUT2D eigenvalue weighted by atomic mass is 32.2. The molecule has 1 aromatic rings. The number of allylic oxidation sites excluding steroid dienone is 2. The Morgan fingerprint density at radius 3 is 2.90 bits per heavy atom. The van der Waals surface area contributed by atoms with Crippen molar-refractivity contribution in [2.24, 2.45) is 0 Å². The lowest BCUT2D eigenvalue weighted by atomic mass is 10.2. The van der Waals surface area contributed by atoms with Crippen molar-refractivity contribution in [3.8, 4) is 0 Å². The van der Waals surface area contributed by atoms with Gasteiger partial charge in [0.05, 0.1) is 5.03 Å². The zero-order chi connectivity index (χ0) is 15.0. The topological polar surface area (TPSA) is 42.0 Å². The monoisotopic (exact) mass is 304 g/mol. The molecular formula is C13H15F3N2OS. The summed E-state index contributed by atoms with van der Waals surface area (Å²) in [6.07, 6.45) is 0.259. The fourth-order valence-electron chi connectivity index (χ4n) is 1.40. The standard InChI is InChI=1S/C13H15F3N2OS/c1-20-12-9-10(5-8-18-12)17-7-2-3-11(19)4-6-13(14,15)16/h4-6,8-9H,2-3,7H2,1H3,(H,17,18)/b6-4+. The summed E-state index contributed by atoms with van der Waals surface area (Å²) in [5.41, 5.74) is 0.877. The molecule has 0 aromatic carbocycles. The number of carbonyl (C=O) groups excluding carboxylic acids is 1. The van der Waals surface area contributed by atoms with Crippen LogP contribution in [-0.2, 0) is 4.79 Å². The fraction of sp³-hybridized carbons (Fsp3) is 0.385. The summed E-state index contributed by atoms with van der Waals surface area (Å²) in [7, 11) is 0. The van der Waals surface area contributed by atoms with E-state index in [1.165, 1.54) is 11.8 Å². The average molecular weight is 304 g/mol. The molecule has 1 heterocycles. The van der Waals surface area contributed by atoms with Crippen molar-refractivity contribution in [3.05, 3.63) is 30.5 Å². The third kappa shape index (κ3) is 7.18. The maximum Gasteiger partial charge on any atom is 0.409 e. The lowest BCUT2D eigenvalue weighted by molar-refractivity contribution is -0.115. The first-order valence-corrected chi connectivity index (χ1v) is 7.16. The second-order valence-electron chi connectivity index (χ2n) is 3.96. The van der Waals surface area contributed by atoms with Crippen molar-refractivity contribution in [2.75, 3.05) is 18.1 Å². The van der Waals surface area contributed by atoms with Crippen LogP contribution in [0.1, 0.15) is 12.8 Å². The molecule has 1 aromatic heterocycles. The third-order valence-electron chi connectivity index (χ3n) is 2.33. The number of hydrogen-bond acceptors (Lipinski definition) is 4. The van der Waals surface area contributed by atoms with E-state index in [0.29, 0.717) is 19.0 Å². The molecule has 0 aliphatic carbocycles. The van der Waals surface area contributed by atoms with Gasteiger partial charge in [0.15, 0.2) is 5.78 Å². The molecule has 0 unspecified atom stereocenters. The molecule has 0 saturated heterocycles. The van der Waals surface area contributed by atoms with Gasteiger partial charge in [-0.3, -0.25) is 4.79 Å². The van der Waals surface area contributed by atoms with Crippen LogP contribution < -0.4 is 5.32 Å². The summed E-state index contributed by atoms with van der Waals surface area (Å²) >= 11 is 1.52. The number of alkyl halides is 3. The van der Waals surface area contributed by atoms with Crippen LogP contribution in [0.15, 0.2) is 35.5 Å². The molecule has 7 heteroatoms. The highest BCUT2D eigenvalue weighted by Crippen LogP contribution is 2.17. The number of hydrogen-bond donors (Lipinski definition) is 1. The normalized spacial score (nSPS) is 11.8. The first kappa shape index (κ1) is 16.6. The van der Waals surface area contributed by atoms with Crippen molar-refractivity contribution in [1.29, 1.82) is 0 Å². The van der Waals surface area contributed by atoms with E-state index in [9.17, 15) is 18.0 Å². The Morgan fingerprint density at radius 2 is 2.25 bits per heavy atom. The van der Waals surface area contributed by atoms with Gasteiger partial charge in [-0.15, -0.1) is 11.8 Å². The minimum atomic E-state index is -4.43. The van der Waals surface area contributed by atoms with Gasteiger partial charge in [-0.05, 0) is 30.9 Å². The van der Waals surface area contributed by atoms with Crippen LogP contribution in [0, 0.1) is 0 Å². The Bertz CT molecular complexity index is 475. The van der Waals surface area contributed by atoms with Crippen LogP contribution in [0.3, 0.4) is 0 Å². The number of aromatic nitrogens is 1. The Kier molecular flexibility index (Phi) is 6.57. The predicted octanol–water partition coefficient (Wildman–Crippen LogP) is 3.68. The van der Waals surface area contributed by atoms with E-state index in [4.69, 9.17) is 0 Å². The van der Waals surface area contributed by atoms with Crippen molar-refractivity contribution >= 4 is 23.2 Å². The third-order valence-corrected chi connectivity index (χ3v) is 2.97. The number of halogens is 3. The molecule has 0 amide bonds. The van der Waals surface area contributed by atoms with Gasteiger partial charge in [0.1, 0.15) is 0 Å². The number of ketones is 1. The van der Waals surface area contributed by atoms with Crippen molar-refractivity contribution in [3.63, 3.8) is 0 Å². The summed E-state index contributed by atoms with van der Waals surface area (Å²) in [6, 6.07) is 3.67. The van der Waals surface area contributed by atoms with Crippen LogP contribution in [0.2, 0.25) is 0 Å². The largest absolute Gasteiger partial charge is 0.409 e. The van der Waals surface area contributed by atoms with Crippen LogP contribution in [0.5, 0.6) is 0 Å². The second kappa shape index (κ2) is 7.94. The summed E-state index contributed by atoms with van der Waals surface area (Å²) in [5.74, 6) is -0.524.